The van der Waals surface area contributed by atoms with Crippen molar-refractivity contribution in [1.82, 2.24) is 9.55 Å². The largest absolute Gasteiger partial charge is 0.464 e. The summed E-state index contributed by atoms with van der Waals surface area (Å²) >= 11 is 17.5. The van der Waals surface area contributed by atoms with Gasteiger partial charge in [-0.25, -0.2) is 9.59 Å². The number of hydrogen-bond donors (Lipinski definition) is 2. The van der Waals surface area contributed by atoms with Crippen LogP contribution in [0.3, 0.4) is 0 Å². The predicted octanol–water partition coefficient (Wildman–Crippen LogP) is 4.82. The Morgan fingerprint density at radius 3 is 2.50 bits per heavy atom. The Morgan fingerprint density at radius 2 is 1.96 bits per heavy atom. The van der Waals surface area contributed by atoms with Crippen molar-refractivity contribution in [2.75, 3.05) is 19.5 Å². The number of aromatic amines is 1. The van der Waals surface area contributed by atoms with Gasteiger partial charge in [-0.1, -0.05) is 36.2 Å². The highest BCUT2D eigenvalue weighted by molar-refractivity contribution is 7.71. The maximum Gasteiger partial charge on any atom is 0.412 e. The third kappa shape index (κ3) is 4.03. The number of esters is 1. The Balaban J connectivity index is 2.65. The van der Waals surface area contributed by atoms with Crippen LogP contribution >= 0.6 is 35.4 Å². The molecule has 1 heterocycles. The first-order valence-corrected chi connectivity index (χ1v) is 8.73. The van der Waals surface area contributed by atoms with Gasteiger partial charge in [0.2, 0.25) is 0 Å². The summed E-state index contributed by atoms with van der Waals surface area (Å²) in [6.45, 7) is 1.93. The number of halogens is 2. The molecule has 0 aliphatic heterocycles. The molecule has 1 aromatic heterocycles. The summed E-state index contributed by atoms with van der Waals surface area (Å²) in [6.07, 6.45) is -0.160. The highest BCUT2D eigenvalue weighted by atomic mass is 35.5. The van der Waals surface area contributed by atoms with E-state index in [0.717, 1.165) is 5.56 Å². The number of amides is 1. The minimum absolute atomic E-state index is 0.0702. The van der Waals surface area contributed by atoms with Gasteiger partial charge in [0.1, 0.15) is 5.82 Å². The summed E-state index contributed by atoms with van der Waals surface area (Å²) in [5, 5.41) is 3.24. The molecule has 1 atom stereocenters. The van der Waals surface area contributed by atoms with Crippen molar-refractivity contribution in [2.24, 2.45) is 0 Å². The number of anilines is 1. The van der Waals surface area contributed by atoms with E-state index in [-0.39, 0.29) is 22.3 Å². The lowest BCUT2D eigenvalue weighted by Crippen LogP contribution is -2.20. The van der Waals surface area contributed by atoms with E-state index in [1.54, 1.807) is 22.8 Å². The lowest BCUT2D eigenvalue weighted by Gasteiger charge is -2.20. The van der Waals surface area contributed by atoms with Crippen molar-refractivity contribution in [3.63, 3.8) is 0 Å². The molecule has 10 heteroatoms. The van der Waals surface area contributed by atoms with E-state index in [0.29, 0.717) is 16.5 Å². The molecule has 0 spiro atoms. The minimum Gasteiger partial charge on any atom is -0.464 e. The van der Waals surface area contributed by atoms with Crippen LogP contribution in [0.5, 0.6) is 0 Å². The lowest BCUT2D eigenvalue weighted by molar-refractivity contribution is 0.0588. The smallest absolute Gasteiger partial charge is 0.412 e. The van der Waals surface area contributed by atoms with Crippen LogP contribution in [0.25, 0.3) is 0 Å². The van der Waals surface area contributed by atoms with Gasteiger partial charge < -0.3 is 19.0 Å². The Hall–Kier alpha value is -2.03. The molecule has 0 saturated carbocycles. The number of nitrogens with zero attached hydrogens (tertiary/aromatic N) is 1. The third-order valence-electron chi connectivity index (χ3n) is 3.75. The zero-order valence-corrected chi connectivity index (χ0v) is 16.6. The van der Waals surface area contributed by atoms with Crippen molar-refractivity contribution < 1.29 is 19.1 Å². The molecule has 0 bridgehead atoms. The quantitative estimate of drug-likeness (QED) is 0.537. The van der Waals surface area contributed by atoms with Crippen LogP contribution < -0.4 is 5.32 Å². The average Bonchev–Trinajstić information content (AvgIpc) is 2.93. The first-order valence-electron chi connectivity index (χ1n) is 7.56. The highest BCUT2D eigenvalue weighted by Gasteiger charge is 2.27. The molecule has 7 nitrogen and oxygen atoms in total. The maximum absolute atomic E-state index is 12.4. The van der Waals surface area contributed by atoms with E-state index < -0.39 is 12.1 Å². The standard InChI is InChI=1S/C16H17Cl2N3O4S/c1-4-11(8-5-6-9(17)10(18)7-8)21-12(14(22)24-2)13(19-15(21)26)20-16(23)25-3/h5-7,11H,4H2,1-3H3,(H,19,26)(H,20,23). The molecule has 0 fully saturated rings. The molecule has 1 amide bonds. The maximum atomic E-state index is 12.4. The Bertz CT molecular complexity index is 894. The number of rotatable bonds is 5. The van der Waals surface area contributed by atoms with Crippen LogP contribution in [0.2, 0.25) is 10.0 Å². The van der Waals surface area contributed by atoms with Crippen LogP contribution in [-0.4, -0.2) is 35.8 Å². The van der Waals surface area contributed by atoms with Crippen LogP contribution in [0, 0.1) is 4.77 Å². The van der Waals surface area contributed by atoms with Gasteiger partial charge in [0.15, 0.2) is 10.5 Å². The fraction of sp³-hybridized carbons (Fsp3) is 0.312. The van der Waals surface area contributed by atoms with Gasteiger partial charge in [-0.05, 0) is 36.3 Å². The van der Waals surface area contributed by atoms with Gasteiger partial charge in [0.05, 0.1) is 30.3 Å². The average molecular weight is 418 g/mol. The number of aromatic nitrogens is 2. The number of ether oxygens (including phenoxy) is 2. The van der Waals surface area contributed by atoms with Gasteiger partial charge in [-0.15, -0.1) is 0 Å². The van der Waals surface area contributed by atoms with E-state index in [9.17, 15) is 9.59 Å². The summed E-state index contributed by atoms with van der Waals surface area (Å²) in [4.78, 5) is 26.7. The molecule has 1 aromatic carbocycles. The van der Waals surface area contributed by atoms with Crippen LogP contribution in [-0.2, 0) is 9.47 Å². The zero-order chi connectivity index (χ0) is 19.4. The highest BCUT2D eigenvalue weighted by Crippen LogP contribution is 2.32. The van der Waals surface area contributed by atoms with E-state index in [1.807, 2.05) is 6.92 Å². The van der Waals surface area contributed by atoms with Crippen LogP contribution in [0.1, 0.15) is 35.4 Å². The number of carbonyl (C=O) groups is 2. The molecule has 2 rings (SSSR count). The zero-order valence-electron chi connectivity index (χ0n) is 14.3. The first kappa shape index (κ1) is 20.3. The summed E-state index contributed by atoms with van der Waals surface area (Å²) in [5.74, 6) is -0.575. The van der Waals surface area contributed by atoms with Gasteiger partial charge in [0, 0.05) is 0 Å². The van der Waals surface area contributed by atoms with Crippen molar-refractivity contribution in [3.8, 4) is 0 Å². The number of imidazole rings is 1. The number of H-pyrrole nitrogens is 1. The molecule has 140 valence electrons. The summed E-state index contributed by atoms with van der Waals surface area (Å²) < 4.78 is 11.2. The van der Waals surface area contributed by atoms with Gasteiger partial charge in [-0.2, -0.15) is 0 Å². The van der Waals surface area contributed by atoms with Gasteiger partial charge in [0.25, 0.3) is 0 Å². The molecule has 0 radical (unpaired) electrons. The number of methoxy groups -OCH3 is 2. The van der Waals surface area contributed by atoms with Gasteiger partial charge >= 0.3 is 12.1 Å². The van der Waals surface area contributed by atoms with Crippen molar-refractivity contribution in [2.45, 2.75) is 19.4 Å². The molecule has 0 aliphatic carbocycles. The SMILES string of the molecule is CCC(c1ccc(Cl)c(Cl)c1)n1c(C(=O)OC)c(NC(=O)OC)[nH]c1=S. The van der Waals surface area contributed by atoms with Crippen molar-refractivity contribution in [1.29, 1.82) is 0 Å². The third-order valence-corrected chi connectivity index (χ3v) is 4.78. The van der Waals surface area contributed by atoms with E-state index in [2.05, 4.69) is 15.0 Å². The number of carbonyl (C=O) groups excluding carboxylic acids is 2. The normalized spacial score (nSPS) is 11.7. The monoisotopic (exact) mass is 417 g/mol. The lowest BCUT2D eigenvalue weighted by atomic mass is 10.0. The molecule has 26 heavy (non-hydrogen) atoms. The Morgan fingerprint density at radius 1 is 1.27 bits per heavy atom. The van der Waals surface area contributed by atoms with E-state index in [1.165, 1.54) is 14.2 Å². The van der Waals surface area contributed by atoms with E-state index >= 15 is 0 Å². The summed E-state index contributed by atoms with van der Waals surface area (Å²) in [6, 6.07) is 4.84. The summed E-state index contributed by atoms with van der Waals surface area (Å²) in [7, 11) is 2.45. The number of hydrogen-bond acceptors (Lipinski definition) is 5. The Labute approximate surface area is 165 Å². The first-order chi connectivity index (χ1) is 12.3. The number of benzene rings is 1. The topological polar surface area (TPSA) is 85.3 Å². The fourth-order valence-electron chi connectivity index (χ4n) is 2.57. The van der Waals surface area contributed by atoms with Crippen molar-refractivity contribution >= 4 is 53.3 Å². The molecule has 1 unspecified atom stereocenters. The molecular formula is C16H17Cl2N3O4S. The second-order valence-corrected chi connectivity index (χ2v) is 6.43. The molecule has 2 aromatic rings. The number of nitrogens with one attached hydrogen (secondary N) is 2. The summed E-state index contributed by atoms with van der Waals surface area (Å²) in [5.41, 5.74) is 0.868. The molecular weight excluding hydrogens is 401 g/mol. The molecule has 0 saturated heterocycles. The fourth-order valence-corrected chi connectivity index (χ4v) is 3.20. The Kier molecular flexibility index (Phi) is 6.69. The second kappa shape index (κ2) is 8.57. The predicted molar refractivity (Wildman–Crippen MR) is 102 cm³/mol. The van der Waals surface area contributed by atoms with E-state index in [4.69, 9.17) is 40.2 Å². The molecule has 0 aliphatic rings. The minimum atomic E-state index is -0.749. The molecule has 2 N–H and O–H groups in total. The van der Waals surface area contributed by atoms with Crippen LogP contribution in [0.4, 0.5) is 10.6 Å². The van der Waals surface area contributed by atoms with Crippen molar-refractivity contribution in [3.05, 3.63) is 44.3 Å². The second-order valence-electron chi connectivity index (χ2n) is 5.23. The van der Waals surface area contributed by atoms with Gasteiger partial charge in [-0.3, -0.25) is 5.32 Å². The van der Waals surface area contributed by atoms with Crippen LogP contribution in [0.15, 0.2) is 18.2 Å².